The Hall–Kier alpha value is -3.12. The van der Waals surface area contributed by atoms with E-state index in [1.54, 1.807) is 7.11 Å². The predicted octanol–water partition coefficient (Wildman–Crippen LogP) is 6.25. The summed E-state index contributed by atoms with van der Waals surface area (Å²) in [4.78, 5) is 24.1. The van der Waals surface area contributed by atoms with Gasteiger partial charge in [-0.2, -0.15) is 0 Å². The normalized spacial score (nSPS) is 15.3. The monoisotopic (exact) mass is 479 g/mol. The van der Waals surface area contributed by atoms with Gasteiger partial charge in [-0.3, -0.25) is 4.79 Å². The molecule has 6 nitrogen and oxygen atoms in total. The van der Waals surface area contributed by atoms with Crippen molar-refractivity contribution < 1.29 is 14.3 Å². The Morgan fingerprint density at radius 1 is 1.15 bits per heavy atom. The molecule has 3 aromatic rings. The fraction of sp³-hybridized carbons (Fsp3) is 0.370. The van der Waals surface area contributed by atoms with Crippen molar-refractivity contribution in [3.8, 4) is 17.1 Å². The summed E-state index contributed by atoms with van der Waals surface area (Å²) in [7, 11) is 1.59. The third kappa shape index (κ3) is 5.02. The van der Waals surface area contributed by atoms with Crippen LogP contribution in [0.1, 0.15) is 50.4 Å². The molecule has 0 bridgehead atoms. The number of carbonyl (C=O) groups excluding carboxylic acids is 1. The number of esters is 1. The Balaban J connectivity index is 1.63. The minimum atomic E-state index is -0.490. The Bertz CT molecular complexity index is 1220. The van der Waals surface area contributed by atoms with Crippen molar-refractivity contribution in [3.05, 3.63) is 64.3 Å². The summed E-state index contributed by atoms with van der Waals surface area (Å²) < 4.78 is 10.7. The lowest BCUT2D eigenvalue weighted by atomic mass is 10.0. The summed E-state index contributed by atoms with van der Waals surface area (Å²) >= 11 is 6.35. The lowest BCUT2D eigenvalue weighted by molar-refractivity contribution is -0.153. The van der Waals surface area contributed by atoms with Crippen LogP contribution in [0.15, 0.2) is 42.5 Å². The van der Waals surface area contributed by atoms with Crippen molar-refractivity contribution in [2.24, 2.45) is 0 Å². The molecule has 7 heteroatoms. The van der Waals surface area contributed by atoms with E-state index in [-0.39, 0.29) is 12.4 Å². The lowest BCUT2D eigenvalue weighted by Crippen LogP contribution is -2.24. The third-order valence-electron chi connectivity index (χ3n) is 5.75. The summed E-state index contributed by atoms with van der Waals surface area (Å²) in [5.74, 6) is 2.21. The number of aryl methyl sites for hydroxylation is 1. The molecule has 2 heterocycles. The summed E-state index contributed by atoms with van der Waals surface area (Å²) in [6, 6.07) is 13.6. The van der Waals surface area contributed by atoms with Crippen LogP contribution in [0.3, 0.4) is 0 Å². The zero-order chi connectivity index (χ0) is 24.6. The predicted molar refractivity (Wildman–Crippen MR) is 135 cm³/mol. The molecule has 0 radical (unpaired) electrons. The molecule has 2 aromatic carbocycles. The molecule has 4 rings (SSSR count). The maximum Gasteiger partial charge on any atom is 0.310 e. The molecule has 0 saturated carbocycles. The minimum absolute atomic E-state index is 0.230. The number of nitrogens with zero attached hydrogens (tertiary/aromatic N) is 3. The summed E-state index contributed by atoms with van der Waals surface area (Å²) in [6.07, 6.45) is 0.244. The van der Waals surface area contributed by atoms with Gasteiger partial charge >= 0.3 is 5.97 Å². The molecular formula is C27H30ClN3O3. The van der Waals surface area contributed by atoms with Crippen molar-refractivity contribution in [1.29, 1.82) is 0 Å². The Morgan fingerprint density at radius 2 is 1.85 bits per heavy atom. The zero-order valence-electron chi connectivity index (χ0n) is 20.5. The van der Waals surface area contributed by atoms with Crippen LogP contribution in [0.25, 0.3) is 11.4 Å². The molecule has 34 heavy (non-hydrogen) atoms. The first-order valence-electron chi connectivity index (χ1n) is 11.4. The number of hydrogen-bond acceptors (Lipinski definition) is 6. The molecule has 1 unspecified atom stereocenters. The number of halogens is 1. The molecular weight excluding hydrogens is 450 g/mol. The number of rotatable bonds is 5. The zero-order valence-corrected chi connectivity index (χ0v) is 21.2. The quantitative estimate of drug-likeness (QED) is 0.403. The van der Waals surface area contributed by atoms with E-state index in [9.17, 15) is 4.79 Å². The second-order valence-corrected chi connectivity index (χ2v) is 10.1. The van der Waals surface area contributed by atoms with Crippen LogP contribution in [0.5, 0.6) is 5.75 Å². The second kappa shape index (κ2) is 9.26. The number of anilines is 2. The van der Waals surface area contributed by atoms with Crippen molar-refractivity contribution in [3.63, 3.8) is 0 Å². The van der Waals surface area contributed by atoms with E-state index in [0.717, 1.165) is 40.4 Å². The van der Waals surface area contributed by atoms with Gasteiger partial charge < -0.3 is 14.4 Å². The standard InChI is InChI=1S/C27H30ClN3O3/c1-16-15-31(20-10-7-18(8-11-20)13-23(32)34-27(3,4)5)26-24(16)17(2)29-25(30-26)19-9-12-22(33-6)21(28)14-19/h7-12,14,16H,13,15H2,1-6H3. The summed E-state index contributed by atoms with van der Waals surface area (Å²) in [6.45, 7) is 10.6. The second-order valence-electron chi connectivity index (χ2n) is 9.66. The first-order chi connectivity index (χ1) is 16.1. The van der Waals surface area contributed by atoms with Crippen LogP contribution in [-0.2, 0) is 16.0 Å². The molecule has 0 aliphatic carbocycles. The van der Waals surface area contributed by atoms with Gasteiger partial charge in [-0.1, -0.05) is 30.7 Å². The van der Waals surface area contributed by atoms with Gasteiger partial charge in [0.2, 0.25) is 0 Å². The van der Waals surface area contributed by atoms with Gasteiger partial charge in [0.1, 0.15) is 17.2 Å². The molecule has 1 atom stereocenters. The number of aromatic nitrogens is 2. The van der Waals surface area contributed by atoms with E-state index in [0.29, 0.717) is 22.5 Å². The van der Waals surface area contributed by atoms with Gasteiger partial charge in [0.25, 0.3) is 0 Å². The number of ether oxygens (including phenoxy) is 2. The van der Waals surface area contributed by atoms with Gasteiger partial charge in [0, 0.05) is 35.0 Å². The first-order valence-corrected chi connectivity index (χ1v) is 11.7. The van der Waals surface area contributed by atoms with Crippen LogP contribution in [0, 0.1) is 6.92 Å². The van der Waals surface area contributed by atoms with Gasteiger partial charge in [0.15, 0.2) is 5.82 Å². The Kier molecular flexibility index (Phi) is 6.54. The minimum Gasteiger partial charge on any atom is -0.495 e. The number of carbonyl (C=O) groups is 1. The highest BCUT2D eigenvalue weighted by Gasteiger charge is 2.31. The van der Waals surface area contributed by atoms with Crippen LogP contribution in [0.2, 0.25) is 5.02 Å². The summed E-state index contributed by atoms with van der Waals surface area (Å²) in [5.41, 5.74) is 4.40. The highest BCUT2D eigenvalue weighted by molar-refractivity contribution is 6.32. The van der Waals surface area contributed by atoms with Crippen molar-refractivity contribution in [2.45, 2.75) is 52.6 Å². The van der Waals surface area contributed by atoms with Gasteiger partial charge in [-0.25, -0.2) is 9.97 Å². The van der Waals surface area contributed by atoms with Crippen molar-refractivity contribution in [1.82, 2.24) is 9.97 Å². The molecule has 0 saturated heterocycles. The molecule has 1 aromatic heterocycles. The first kappa shape index (κ1) is 24.0. The molecule has 1 aliphatic rings. The average Bonchev–Trinajstić information content (AvgIpc) is 3.09. The largest absolute Gasteiger partial charge is 0.495 e. The smallest absolute Gasteiger partial charge is 0.310 e. The van der Waals surface area contributed by atoms with Crippen molar-refractivity contribution >= 4 is 29.1 Å². The third-order valence-corrected chi connectivity index (χ3v) is 6.04. The highest BCUT2D eigenvalue weighted by Crippen LogP contribution is 2.42. The topological polar surface area (TPSA) is 64.6 Å². The lowest BCUT2D eigenvalue weighted by Gasteiger charge is -2.21. The van der Waals surface area contributed by atoms with Gasteiger partial charge in [-0.15, -0.1) is 0 Å². The fourth-order valence-electron chi connectivity index (χ4n) is 4.30. The van der Waals surface area contributed by atoms with E-state index in [2.05, 4.69) is 11.8 Å². The van der Waals surface area contributed by atoms with Crippen molar-refractivity contribution in [2.75, 3.05) is 18.6 Å². The fourth-order valence-corrected chi connectivity index (χ4v) is 4.56. The van der Waals surface area contributed by atoms with Crippen LogP contribution in [0.4, 0.5) is 11.5 Å². The average molecular weight is 480 g/mol. The number of hydrogen-bond donors (Lipinski definition) is 0. The van der Waals surface area contributed by atoms with Gasteiger partial charge in [0.05, 0.1) is 18.6 Å². The number of fused-ring (bicyclic) bond motifs is 1. The molecule has 1 aliphatic heterocycles. The van der Waals surface area contributed by atoms with Crippen LogP contribution in [-0.4, -0.2) is 35.2 Å². The van der Waals surface area contributed by atoms with E-state index < -0.39 is 5.60 Å². The molecule has 0 spiro atoms. The Labute approximate surface area is 205 Å². The van der Waals surface area contributed by atoms with E-state index in [4.69, 9.17) is 31.0 Å². The van der Waals surface area contributed by atoms with Gasteiger partial charge in [-0.05, 0) is 63.6 Å². The van der Waals surface area contributed by atoms with E-state index in [1.165, 1.54) is 0 Å². The summed E-state index contributed by atoms with van der Waals surface area (Å²) in [5, 5.41) is 0.521. The SMILES string of the molecule is COc1ccc(-c2nc(C)c3c(n2)N(c2ccc(CC(=O)OC(C)(C)C)cc2)CC3C)cc1Cl. The highest BCUT2D eigenvalue weighted by atomic mass is 35.5. The van der Waals surface area contributed by atoms with E-state index >= 15 is 0 Å². The maximum atomic E-state index is 12.2. The Morgan fingerprint density at radius 3 is 2.47 bits per heavy atom. The maximum absolute atomic E-state index is 12.2. The molecule has 0 amide bonds. The molecule has 178 valence electrons. The van der Waals surface area contributed by atoms with Crippen LogP contribution >= 0.6 is 11.6 Å². The molecule has 0 N–H and O–H groups in total. The van der Waals surface area contributed by atoms with Crippen LogP contribution < -0.4 is 9.64 Å². The number of benzene rings is 2. The molecule has 0 fully saturated rings. The number of methoxy groups -OCH3 is 1. The van der Waals surface area contributed by atoms with E-state index in [1.807, 2.05) is 70.2 Å².